The second-order valence-corrected chi connectivity index (χ2v) is 5.19. The van der Waals surface area contributed by atoms with Crippen LogP contribution in [0.1, 0.15) is 48.4 Å². The Morgan fingerprint density at radius 1 is 1.26 bits per heavy atom. The van der Waals surface area contributed by atoms with Crippen LogP contribution in [0.15, 0.2) is 24.4 Å². The molecule has 1 amide bonds. The molecule has 0 saturated carbocycles. The summed E-state index contributed by atoms with van der Waals surface area (Å²) in [6.45, 7) is 5.64. The lowest BCUT2D eigenvalue weighted by molar-refractivity contribution is -0.119. The van der Waals surface area contributed by atoms with Crippen LogP contribution >= 0.6 is 0 Å². The normalized spacial score (nSPS) is 12.0. The van der Waals surface area contributed by atoms with Crippen molar-refractivity contribution in [1.82, 2.24) is 15.0 Å². The summed E-state index contributed by atoms with van der Waals surface area (Å²) in [4.78, 5) is 23.7. The fraction of sp³-hybridized carbons (Fsp3) is 0.375. The number of nitrogens with one attached hydrogen (secondary N) is 1. The van der Waals surface area contributed by atoms with Gasteiger partial charge in [0.05, 0.1) is 6.20 Å². The molecule has 1 aromatic heterocycles. The third-order valence-corrected chi connectivity index (χ3v) is 3.79. The fourth-order valence-corrected chi connectivity index (χ4v) is 2.42. The number of hydrogen-bond acceptors (Lipinski definition) is 4. The highest BCUT2D eigenvalue weighted by Crippen LogP contribution is 2.24. The third kappa shape index (κ3) is 3.39. The number of carbonyl (C=O) groups excluding carboxylic acids is 1. The quantitative estimate of drug-likeness (QED) is 0.852. The predicted octanol–water partition coefficient (Wildman–Crippen LogP) is 2.30. The highest BCUT2D eigenvalue weighted by atomic mass is 16.4. The minimum atomic E-state index is -1.17. The highest BCUT2D eigenvalue weighted by Gasteiger charge is 2.23. The Morgan fingerprint density at radius 2 is 1.87 bits per heavy atom. The van der Waals surface area contributed by atoms with E-state index in [1.807, 2.05) is 32.0 Å². The lowest BCUT2D eigenvalue weighted by atomic mass is 10.0. The van der Waals surface area contributed by atoms with Gasteiger partial charge in [-0.15, -0.1) is 5.10 Å². The number of aryl methyl sites for hydroxylation is 2. The predicted molar refractivity (Wildman–Crippen MR) is 85.5 cm³/mol. The Bertz CT molecular complexity index is 702. The molecule has 0 aliphatic rings. The molecule has 1 unspecified atom stereocenters. The summed E-state index contributed by atoms with van der Waals surface area (Å²) in [6, 6.07) is 5.13. The smallest absolute Gasteiger partial charge is 0.355 e. The number of carbonyl (C=O) groups is 2. The Kier molecular flexibility index (Phi) is 5.10. The van der Waals surface area contributed by atoms with E-state index >= 15 is 0 Å². The first-order valence-corrected chi connectivity index (χ1v) is 7.54. The maximum Gasteiger partial charge on any atom is 0.355 e. The second-order valence-electron chi connectivity index (χ2n) is 5.19. The average molecular weight is 316 g/mol. The summed E-state index contributed by atoms with van der Waals surface area (Å²) < 4.78 is 1.11. The van der Waals surface area contributed by atoms with E-state index in [1.54, 1.807) is 6.92 Å². The number of hydrogen-bond donors (Lipinski definition) is 2. The minimum absolute atomic E-state index is 0.118. The maximum atomic E-state index is 12.5. The molecule has 2 aromatic rings. The molecule has 2 rings (SSSR count). The lowest BCUT2D eigenvalue weighted by Crippen LogP contribution is -2.27. The zero-order valence-electron chi connectivity index (χ0n) is 13.4. The maximum absolute atomic E-state index is 12.5. The monoisotopic (exact) mass is 316 g/mol. The van der Waals surface area contributed by atoms with Crippen LogP contribution in [0.4, 0.5) is 5.69 Å². The summed E-state index contributed by atoms with van der Waals surface area (Å²) in [6.07, 6.45) is 2.71. The van der Waals surface area contributed by atoms with Crippen molar-refractivity contribution in [2.45, 2.75) is 39.7 Å². The number of para-hydroxylation sites is 1. The molecule has 7 heteroatoms. The van der Waals surface area contributed by atoms with Crippen LogP contribution in [0, 0.1) is 0 Å². The highest BCUT2D eigenvalue weighted by molar-refractivity contribution is 5.95. The average Bonchev–Trinajstić information content (AvgIpc) is 3.04. The van der Waals surface area contributed by atoms with E-state index in [-0.39, 0.29) is 11.6 Å². The number of amides is 1. The van der Waals surface area contributed by atoms with Crippen LogP contribution in [-0.2, 0) is 17.6 Å². The van der Waals surface area contributed by atoms with Crippen LogP contribution < -0.4 is 5.32 Å². The SMILES string of the molecule is CCc1cccc(CC)c1NC(=O)C(C)n1nncc1C(=O)O. The topological polar surface area (TPSA) is 97.1 Å². The molecule has 0 bridgehead atoms. The van der Waals surface area contributed by atoms with Crippen molar-refractivity contribution in [3.8, 4) is 0 Å². The van der Waals surface area contributed by atoms with Crippen molar-refractivity contribution in [3.63, 3.8) is 0 Å². The number of benzene rings is 1. The molecule has 122 valence electrons. The van der Waals surface area contributed by atoms with Crippen molar-refractivity contribution in [2.24, 2.45) is 0 Å². The van der Waals surface area contributed by atoms with Crippen LogP contribution in [-0.4, -0.2) is 32.0 Å². The molecule has 2 N–H and O–H groups in total. The molecule has 0 saturated heterocycles. The van der Waals surface area contributed by atoms with Crippen molar-refractivity contribution < 1.29 is 14.7 Å². The Balaban J connectivity index is 2.29. The molecule has 0 fully saturated rings. The van der Waals surface area contributed by atoms with E-state index in [9.17, 15) is 9.59 Å². The zero-order valence-corrected chi connectivity index (χ0v) is 13.4. The lowest BCUT2D eigenvalue weighted by Gasteiger charge is -2.18. The minimum Gasteiger partial charge on any atom is -0.476 e. The number of rotatable bonds is 6. The number of carboxylic acids is 1. The van der Waals surface area contributed by atoms with Gasteiger partial charge in [-0.05, 0) is 30.9 Å². The summed E-state index contributed by atoms with van der Waals surface area (Å²) in [5.41, 5.74) is 2.77. The van der Waals surface area contributed by atoms with Crippen molar-refractivity contribution in [2.75, 3.05) is 5.32 Å². The van der Waals surface area contributed by atoms with Crippen LogP contribution in [0.3, 0.4) is 0 Å². The summed E-state index contributed by atoms with van der Waals surface area (Å²) in [5, 5.41) is 19.3. The Hall–Kier alpha value is -2.70. The molecular formula is C16H20N4O3. The van der Waals surface area contributed by atoms with Gasteiger partial charge in [0.1, 0.15) is 6.04 Å². The van der Waals surface area contributed by atoms with Crippen molar-refractivity contribution in [1.29, 1.82) is 0 Å². The third-order valence-electron chi connectivity index (χ3n) is 3.79. The van der Waals surface area contributed by atoms with Gasteiger partial charge in [0.25, 0.3) is 0 Å². The van der Waals surface area contributed by atoms with E-state index in [0.29, 0.717) is 0 Å². The van der Waals surface area contributed by atoms with Gasteiger partial charge in [0, 0.05) is 5.69 Å². The first-order chi connectivity index (χ1) is 11.0. The first kappa shape index (κ1) is 16.7. The molecular weight excluding hydrogens is 296 g/mol. The summed E-state index contributed by atoms with van der Waals surface area (Å²) in [5.74, 6) is -1.49. The van der Waals surface area contributed by atoms with Gasteiger partial charge >= 0.3 is 5.97 Å². The van der Waals surface area contributed by atoms with E-state index in [0.717, 1.165) is 40.5 Å². The van der Waals surface area contributed by atoms with Gasteiger partial charge in [0.2, 0.25) is 5.91 Å². The van der Waals surface area contributed by atoms with Crippen molar-refractivity contribution in [3.05, 3.63) is 41.2 Å². The van der Waals surface area contributed by atoms with Gasteiger partial charge in [-0.25, -0.2) is 9.48 Å². The summed E-state index contributed by atoms with van der Waals surface area (Å²) >= 11 is 0. The molecule has 0 aliphatic heterocycles. The number of nitrogens with zero attached hydrogens (tertiary/aromatic N) is 3. The fourth-order valence-electron chi connectivity index (χ4n) is 2.42. The second kappa shape index (κ2) is 7.04. The van der Waals surface area contributed by atoms with Crippen molar-refractivity contribution >= 4 is 17.6 Å². The largest absolute Gasteiger partial charge is 0.476 e. The van der Waals surface area contributed by atoms with E-state index in [1.165, 1.54) is 0 Å². The molecule has 7 nitrogen and oxygen atoms in total. The zero-order chi connectivity index (χ0) is 17.0. The van der Waals surface area contributed by atoms with Gasteiger partial charge in [-0.1, -0.05) is 37.3 Å². The van der Waals surface area contributed by atoms with E-state index < -0.39 is 12.0 Å². The standard InChI is InChI=1S/C16H20N4O3/c1-4-11-7-6-8-12(5-2)14(11)18-15(21)10(3)20-13(16(22)23)9-17-19-20/h6-10H,4-5H2,1-3H3,(H,18,21)(H,22,23). The Morgan fingerprint density at radius 3 is 2.39 bits per heavy atom. The number of aromatic nitrogens is 3. The van der Waals surface area contributed by atoms with Gasteiger partial charge in [0.15, 0.2) is 5.69 Å². The number of anilines is 1. The van der Waals surface area contributed by atoms with Gasteiger partial charge < -0.3 is 10.4 Å². The van der Waals surface area contributed by atoms with Gasteiger partial charge in [-0.2, -0.15) is 0 Å². The van der Waals surface area contributed by atoms with Crippen LogP contribution in [0.5, 0.6) is 0 Å². The number of carboxylic acid groups (broad SMARTS) is 1. The summed E-state index contributed by atoms with van der Waals surface area (Å²) in [7, 11) is 0. The molecule has 0 aliphatic carbocycles. The molecule has 0 spiro atoms. The Labute approximate surface area is 134 Å². The van der Waals surface area contributed by atoms with Crippen LogP contribution in [0.25, 0.3) is 0 Å². The number of aromatic carboxylic acids is 1. The van der Waals surface area contributed by atoms with Gasteiger partial charge in [-0.3, -0.25) is 4.79 Å². The molecule has 23 heavy (non-hydrogen) atoms. The van der Waals surface area contributed by atoms with Crippen LogP contribution in [0.2, 0.25) is 0 Å². The van der Waals surface area contributed by atoms with E-state index in [2.05, 4.69) is 15.6 Å². The molecule has 0 radical (unpaired) electrons. The molecule has 1 atom stereocenters. The molecule has 1 aromatic carbocycles. The molecule has 1 heterocycles. The first-order valence-electron chi connectivity index (χ1n) is 7.54. The van der Waals surface area contributed by atoms with E-state index in [4.69, 9.17) is 5.11 Å².